The Balaban J connectivity index is 1.18. The maximum Gasteiger partial charge on any atom is 0.328 e. The first-order valence-corrected chi connectivity index (χ1v) is 14.4. The number of nitrogens with two attached hydrogens (primary N) is 1. The molecule has 0 aliphatic carbocycles. The van der Waals surface area contributed by atoms with E-state index in [1.165, 1.54) is 6.20 Å². The number of benzene rings is 3. The van der Waals surface area contributed by atoms with Crippen molar-refractivity contribution in [1.29, 1.82) is 0 Å². The molecule has 0 saturated carbocycles. The molecule has 5 N–H and O–H groups in total. The molecule has 1 amide bonds. The van der Waals surface area contributed by atoms with E-state index in [0.717, 1.165) is 11.1 Å². The Kier molecular flexibility index (Phi) is 10.3. The van der Waals surface area contributed by atoms with Gasteiger partial charge in [-0.25, -0.2) is 14.8 Å². The average molecular weight is 622 g/mol. The molecule has 0 unspecified atom stereocenters. The zero-order valence-corrected chi connectivity index (χ0v) is 24.6. The Morgan fingerprint density at radius 1 is 0.848 bits per heavy atom. The lowest BCUT2D eigenvalue weighted by molar-refractivity contribution is -0.148. The second-order valence-electron chi connectivity index (χ2n) is 10.2. The molecule has 2 heterocycles. The summed E-state index contributed by atoms with van der Waals surface area (Å²) in [7, 11) is 0. The number of hydrogen-bond donors (Lipinski definition) is 4. The SMILES string of the molecule is Nc1nc(=O)c2nc(CNc3ccc(C(=O)N[C@@H](CCC(=O)OCc4ccccc4)C(=O)OCc4ccccc4)cc3)cnc2[nH]1. The highest BCUT2D eigenvalue weighted by atomic mass is 16.5. The van der Waals surface area contributed by atoms with Crippen molar-refractivity contribution in [1.82, 2.24) is 25.3 Å². The first kappa shape index (κ1) is 31.3. The molecule has 0 aliphatic rings. The summed E-state index contributed by atoms with van der Waals surface area (Å²) in [5.41, 5.74) is 8.35. The van der Waals surface area contributed by atoms with Gasteiger partial charge in [-0.2, -0.15) is 4.98 Å². The Labute approximate surface area is 263 Å². The molecular weight excluding hydrogens is 590 g/mol. The van der Waals surface area contributed by atoms with Crippen LogP contribution >= 0.6 is 0 Å². The van der Waals surface area contributed by atoms with Gasteiger partial charge in [0, 0.05) is 17.7 Å². The molecule has 0 fully saturated rings. The molecule has 3 aromatic carbocycles. The van der Waals surface area contributed by atoms with Crippen LogP contribution in [0.4, 0.5) is 11.6 Å². The third-order valence-electron chi connectivity index (χ3n) is 6.81. The van der Waals surface area contributed by atoms with Gasteiger partial charge in [0.15, 0.2) is 11.2 Å². The molecular formula is C33H31N7O6. The first-order valence-electron chi connectivity index (χ1n) is 14.4. The molecule has 1 atom stereocenters. The normalized spacial score (nSPS) is 11.4. The van der Waals surface area contributed by atoms with E-state index >= 15 is 0 Å². The van der Waals surface area contributed by atoms with Crippen LogP contribution in [-0.2, 0) is 38.8 Å². The molecule has 0 bridgehead atoms. The second kappa shape index (κ2) is 15.1. The van der Waals surface area contributed by atoms with Gasteiger partial charge in [0.1, 0.15) is 19.3 Å². The Bertz CT molecular complexity index is 1870. The smallest absolute Gasteiger partial charge is 0.328 e. The Morgan fingerprint density at radius 2 is 1.50 bits per heavy atom. The Hall–Kier alpha value is -6.11. The number of amides is 1. The van der Waals surface area contributed by atoms with E-state index in [1.807, 2.05) is 60.7 Å². The minimum absolute atomic E-state index is 0.00956. The van der Waals surface area contributed by atoms with Crippen molar-refractivity contribution in [3.05, 3.63) is 124 Å². The molecule has 5 rings (SSSR count). The molecule has 2 aromatic heterocycles. The number of H-pyrrole nitrogens is 1. The highest BCUT2D eigenvalue weighted by Crippen LogP contribution is 2.14. The van der Waals surface area contributed by atoms with Gasteiger partial charge in [0.25, 0.3) is 5.91 Å². The van der Waals surface area contributed by atoms with Gasteiger partial charge in [0.05, 0.1) is 18.4 Å². The maximum atomic E-state index is 13.1. The number of anilines is 2. The van der Waals surface area contributed by atoms with Crippen LogP contribution in [-0.4, -0.2) is 43.8 Å². The third kappa shape index (κ3) is 8.72. The number of nitrogens with zero attached hydrogens (tertiary/aromatic N) is 3. The summed E-state index contributed by atoms with van der Waals surface area (Å²) >= 11 is 0. The van der Waals surface area contributed by atoms with E-state index in [4.69, 9.17) is 15.2 Å². The summed E-state index contributed by atoms with van der Waals surface area (Å²) in [4.78, 5) is 65.5. The van der Waals surface area contributed by atoms with Gasteiger partial charge in [-0.05, 0) is 41.8 Å². The summed E-state index contributed by atoms with van der Waals surface area (Å²) in [6.45, 7) is 0.368. The van der Waals surface area contributed by atoms with Crippen LogP contribution < -0.4 is 21.9 Å². The van der Waals surface area contributed by atoms with Crippen LogP contribution in [0.3, 0.4) is 0 Å². The van der Waals surface area contributed by atoms with Crippen LogP contribution in [0, 0.1) is 0 Å². The van der Waals surface area contributed by atoms with Gasteiger partial charge >= 0.3 is 17.5 Å². The van der Waals surface area contributed by atoms with Crippen molar-refractivity contribution in [2.75, 3.05) is 11.1 Å². The molecule has 0 radical (unpaired) electrons. The summed E-state index contributed by atoms with van der Waals surface area (Å²) in [5.74, 6) is -1.73. The van der Waals surface area contributed by atoms with Gasteiger partial charge in [0.2, 0.25) is 5.95 Å². The van der Waals surface area contributed by atoms with Crippen LogP contribution in [0.2, 0.25) is 0 Å². The highest BCUT2D eigenvalue weighted by molar-refractivity contribution is 5.97. The largest absolute Gasteiger partial charge is 0.461 e. The van der Waals surface area contributed by atoms with Crippen LogP contribution in [0.15, 0.2) is 95.9 Å². The highest BCUT2D eigenvalue weighted by Gasteiger charge is 2.24. The molecule has 13 heteroatoms. The molecule has 13 nitrogen and oxygen atoms in total. The van der Waals surface area contributed by atoms with Gasteiger partial charge in [-0.1, -0.05) is 60.7 Å². The summed E-state index contributed by atoms with van der Waals surface area (Å²) in [5, 5.41) is 5.85. The van der Waals surface area contributed by atoms with E-state index < -0.39 is 29.4 Å². The molecule has 0 aliphatic heterocycles. The fraction of sp³-hybridized carbons (Fsp3) is 0.182. The topological polar surface area (TPSA) is 191 Å². The monoisotopic (exact) mass is 621 g/mol. The van der Waals surface area contributed by atoms with Gasteiger partial charge < -0.3 is 30.8 Å². The standard InChI is InChI=1S/C33H31N7O6/c34-33-39-29-28(31(43)40-33)37-25(18-36-29)17-35-24-13-11-23(12-14-24)30(42)38-26(32(44)46-20-22-9-5-2-6-10-22)15-16-27(41)45-19-21-7-3-1-4-8-21/h1-14,18,26,35H,15-17,19-20H2,(H,38,42)(H3,34,36,39,40,43)/t26-/m0/s1. The number of fused-ring (bicyclic) bond motifs is 1. The molecule has 0 spiro atoms. The van der Waals surface area contributed by atoms with Crippen molar-refractivity contribution in [2.24, 2.45) is 0 Å². The second-order valence-corrected chi connectivity index (χ2v) is 10.2. The van der Waals surface area contributed by atoms with E-state index in [0.29, 0.717) is 16.9 Å². The summed E-state index contributed by atoms with van der Waals surface area (Å²) < 4.78 is 10.8. The van der Waals surface area contributed by atoms with Crippen molar-refractivity contribution in [2.45, 2.75) is 38.6 Å². The van der Waals surface area contributed by atoms with Crippen molar-refractivity contribution in [3.8, 4) is 0 Å². The van der Waals surface area contributed by atoms with Crippen LogP contribution in [0.5, 0.6) is 0 Å². The predicted octanol–water partition coefficient (Wildman–Crippen LogP) is 3.27. The number of aromatic amines is 1. The van der Waals surface area contributed by atoms with E-state index in [9.17, 15) is 19.2 Å². The lowest BCUT2D eigenvalue weighted by Gasteiger charge is -2.18. The number of aromatic nitrogens is 4. The average Bonchev–Trinajstić information content (AvgIpc) is 3.08. The van der Waals surface area contributed by atoms with E-state index in [1.54, 1.807) is 24.3 Å². The lowest BCUT2D eigenvalue weighted by Crippen LogP contribution is -2.42. The van der Waals surface area contributed by atoms with Gasteiger partial charge in [-0.3, -0.25) is 14.4 Å². The quantitative estimate of drug-likeness (QED) is 0.141. The number of ether oxygens (including phenoxy) is 2. The minimum atomic E-state index is -1.09. The fourth-order valence-electron chi connectivity index (χ4n) is 4.39. The van der Waals surface area contributed by atoms with E-state index in [2.05, 4.69) is 30.6 Å². The zero-order valence-electron chi connectivity index (χ0n) is 24.6. The van der Waals surface area contributed by atoms with Gasteiger partial charge in [-0.15, -0.1) is 0 Å². The number of nitrogen functional groups attached to an aromatic ring is 1. The number of carbonyl (C=O) groups excluding carboxylic acids is 3. The number of esters is 2. The van der Waals surface area contributed by atoms with Crippen molar-refractivity contribution < 1.29 is 23.9 Å². The number of nitrogens with one attached hydrogen (secondary N) is 3. The fourth-order valence-corrected chi connectivity index (χ4v) is 4.39. The minimum Gasteiger partial charge on any atom is -0.461 e. The first-order chi connectivity index (χ1) is 22.3. The maximum absolute atomic E-state index is 13.1. The summed E-state index contributed by atoms with van der Waals surface area (Å²) in [6.07, 6.45) is 1.39. The number of hydrogen-bond acceptors (Lipinski definition) is 11. The predicted molar refractivity (Wildman–Crippen MR) is 169 cm³/mol. The van der Waals surface area contributed by atoms with Crippen molar-refractivity contribution in [3.63, 3.8) is 0 Å². The Morgan fingerprint density at radius 3 is 2.17 bits per heavy atom. The summed E-state index contributed by atoms with van der Waals surface area (Å²) in [6, 6.07) is 23.8. The third-order valence-corrected chi connectivity index (χ3v) is 6.81. The number of carbonyl (C=O) groups is 3. The molecule has 46 heavy (non-hydrogen) atoms. The molecule has 234 valence electrons. The molecule has 5 aromatic rings. The number of rotatable bonds is 13. The van der Waals surface area contributed by atoms with Crippen LogP contribution in [0.1, 0.15) is 40.0 Å². The molecule has 0 saturated heterocycles. The van der Waals surface area contributed by atoms with E-state index in [-0.39, 0.29) is 49.7 Å². The lowest BCUT2D eigenvalue weighted by atomic mass is 10.1. The van der Waals surface area contributed by atoms with Crippen molar-refractivity contribution >= 4 is 40.6 Å². The van der Waals surface area contributed by atoms with Crippen LogP contribution in [0.25, 0.3) is 11.2 Å². The zero-order chi connectivity index (χ0) is 32.3.